The topological polar surface area (TPSA) is 96.0 Å². The molecule has 5 rings (SSSR count). The van der Waals surface area contributed by atoms with E-state index in [0.29, 0.717) is 27.1 Å². The lowest BCUT2D eigenvalue weighted by Crippen LogP contribution is -2.52. The molecule has 0 heterocycles. The van der Waals surface area contributed by atoms with Crippen LogP contribution < -0.4 is 14.4 Å². The van der Waals surface area contributed by atoms with E-state index in [0.717, 1.165) is 35.6 Å². The van der Waals surface area contributed by atoms with Crippen molar-refractivity contribution in [1.82, 2.24) is 10.2 Å². The summed E-state index contributed by atoms with van der Waals surface area (Å²) in [4.78, 5) is 29.1. The molecule has 8 nitrogen and oxygen atoms in total. The van der Waals surface area contributed by atoms with Crippen molar-refractivity contribution < 1.29 is 22.7 Å². The minimum Gasteiger partial charge on any atom is -0.457 e. The smallest absolute Gasteiger partial charge is 0.264 e. The molecular weight excluding hydrogens is 657 g/mol. The number of nitrogens with zero attached hydrogens (tertiary/aromatic N) is 2. The minimum atomic E-state index is -4.22. The number of ether oxygens (including phenoxy) is 1. The van der Waals surface area contributed by atoms with Gasteiger partial charge in [0.1, 0.15) is 24.1 Å². The van der Waals surface area contributed by atoms with Crippen molar-refractivity contribution in [3.8, 4) is 11.5 Å². The van der Waals surface area contributed by atoms with Gasteiger partial charge in [0.15, 0.2) is 0 Å². The Morgan fingerprint density at radius 1 is 0.894 bits per heavy atom. The quantitative estimate of drug-likeness (QED) is 0.164. The SMILES string of the molecule is Cc1ccc(S(=O)(=O)N(CC(=O)N(Cc2ccc(Cl)cc2Cl)[C@@H](C)C(=O)NC2CCCC2)c2ccc(Oc3ccccc3)cc2)cc1. The number of sulfonamides is 1. The summed E-state index contributed by atoms with van der Waals surface area (Å²) in [6, 6.07) is 26.1. The standard InChI is InChI=1S/C36H37Cl2N3O5S/c1-25-12-20-33(21-13-25)47(44,45)41(30-16-18-32(19-17-30)46-31-10-4-3-5-11-31)24-35(42)40(23-27-14-15-28(37)22-34(27)38)26(2)36(43)39-29-8-6-7-9-29/h3-5,10-22,26,29H,6-9,23-24H2,1-2H3,(H,39,43)/t26-/m0/s1. The average Bonchev–Trinajstić information content (AvgIpc) is 3.57. The number of nitrogens with one attached hydrogen (secondary N) is 1. The van der Waals surface area contributed by atoms with Crippen LogP contribution in [0.3, 0.4) is 0 Å². The summed E-state index contributed by atoms with van der Waals surface area (Å²) in [6.07, 6.45) is 3.82. The number of hydrogen-bond acceptors (Lipinski definition) is 5. The van der Waals surface area contributed by atoms with E-state index in [1.54, 1.807) is 61.5 Å². The molecule has 1 fully saturated rings. The third kappa shape index (κ3) is 8.66. The molecule has 4 aromatic rings. The largest absolute Gasteiger partial charge is 0.457 e. The molecule has 0 radical (unpaired) electrons. The van der Waals surface area contributed by atoms with Gasteiger partial charge in [-0.15, -0.1) is 0 Å². The molecule has 1 atom stereocenters. The van der Waals surface area contributed by atoms with Crippen LogP contribution in [0.5, 0.6) is 11.5 Å². The van der Waals surface area contributed by atoms with Crippen LogP contribution in [0.15, 0.2) is 102 Å². The molecule has 1 aliphatic rings. The number of halogens is 2. The van der Waals surface area contributed by atoms with E-state index >= 15 is 0 Å². The molecule has 47 heavy (non-hydrogen) atoms. The van der Waals surface area contributed by atoms with Crippen molar-refractivity contribution in [1.29, 1.82) is 0 Å². The molecule has 1 saturated carbocycles. The predicted octanol–water partition coefficient (Wildman–Crippen LogP) is 7.77. The summed E-state index contributed by atoms with van der Waals surface area (Å²) < 4.78 is 35.3. The van der Waals surface area contributed by atoms with Gasteiger partial charge in [-0.2, -0.15) is 0 Å². The number of anilines is 1. The number of benzene rings is 4. The van der Waals surface area contributed by atoms with Crippen LogP contribution >= 0.6 is 23.2 Å². The van der Waals surface area contributed by atoms with Gasteiger partial charge >= 0.3 is 0 Å². The Kier molecular flexibility index (Phi) is 11.1. The van der Waals surface area contributed by atoms with E-state index in [-0.39, 0.29) is 29.1 Å². The first kappa shape index (κ1) is 34.3. The normalized spacial score (nSPS) is 14.0. The van der Waals surface area contributed by atoms with Crippen molar-refractivity contribution in [3.05, 3.63) is 118 Å². The number of carbonyl (C=O) groups excluding carboxylic acids is 2. The van der Waals surface area contributed by atoms with Gasteiger partial charge < -0.3 is 15.0 Å². The monoisotopic (exact) mass is 693 g/mol. The number of aryl methyl sites for hydroxylation is 1. The van der Waals surface area contributed by atoms with Crippen LogP contribution in [0.4, 0.5) is 5.69 Å². The average molecular weight is 695 g/mol. The summed E-state index contributed by atoms with van der Waals surface area (Å²) in [5.41, 5.74) is 1.72. The lowest BCUT2D eigenvalue weighted by atomic mass is 10.1. The van der Waals surface area contributed by atoms with E-state index in [9.17, 15) is 18.0 Å². The first-order valence-corrected chi connectivity index (χ1v) is 17.7. The highest BCUT2D eigenvalue weighted by atomic mass is 35.5. The second kappa shape index (κ2) is 15.2. The fourth-order valence-corrected chi connectivity index (χ4v) is 7.36. The van der Waals surface area contributed by atoms with E-state index in [4.69, 9.17) is 27.9 Å². The van der Waals surface area contributed by atoms with Gasteiger partial charge in [0.05, 0.1) is 10.6 Å². The van der Waals surface area contributed by atoms with Crippen LogP contribution in [0.25, 0.3) is 0 Å². The highest BCUT2D eigenvalue weighted by Gasteiger charge is 2.33. The third-order valence-electron chi connectivity index (χ3n) is 8.22. The van der Waals surface area contributed by atoms with Crippen molar-refractivity contribution >= 4 is 50.7 Å². The molecule has 1 aliphatic carbocycles. The van der Waals surface area contributed by atoms with Gasteiger partial charge in [-0.1, -0.05) is 78.0 Å². The molecule has 0 aliphatic heterocycles. The fraction of sp³-hybridized carbons (Fsp3) is 0.278. The van der Waals surface area contributed by atoms with Crippen molar-refractivity contribution in [3.63, 3.8) is 0 Å². The maximum Gasteiger partial charge on any atom is 0.264 e. The van der Waals surface area contributed by atoms with Crippen molar-refractivity contribution in [2.75, 3.05) is 10.8 Å². The van der Waals surface area contributed by atoms with Crippen LogP contribution in [0, 0.1) is 6.92 Å². The lowest BCUT2D eigenvalue weighted by Gasteiger charge is -2.32. The molecular formula is C36H37Cl2N3O5S. The molecule has 0 unspecified atom stereocenters. The van der Waals surface area contributed by atoms with E-state index < -0.39 is 28.5 Å². The predicted molar refractivity (Wildman–Crippen MR) is 186 cm³/mol. The second-order valence-electron chi connectivity index (χ2n) is 11.7. The zero-order valence-electron chi connectivity index (χ0n) is 26.2. The third-order valence-corrected chi connectivity index (χ3v) is 10.6. The van der Waals surface area contributed by atoms with E-state index in [1.165, 1.54) is 17.0 Å². The Morgan fingerprint density at radius 2 is 1.53 bits per heavy atom. The number of rotatable bonds is 12. The van der Waals surface area contributed by atoms with Gasteiger partial charge in [-0.3, -0.25) is 13.9 Å². The van der Waals surface area contributed by atoms with Crippen molar-refractivity contribution in [2.45, 2.75) is 63.1 Å². The summed E-state index contributed by atoms with van der Waals surface area (Å²) >= 11 is 12.6. The highest BCUT2D eigenvalue weighted by molar-refractivity contribution is 7.92. The molecule has 1 N–H and O–H groups in total. The van der Waals surface area contributed by atoms with Crippen molar-refractivity contribution in [2.24, 2.45) is 0 Å². The maximum absolute atomic E-state index is 14.3. The molecule has 0 bridgehead atoms. The molecule has 0 spiro atoms. The summed E-state index contributed by atoms with van der Waals surface area (Å²) in [6.45, 7) is 2.90. The highest BCUT2D eigenvalue weighted by Crippen LogP contribution is 2.30. The summed E-state index contributed by atoms with van der Waals surface area (Å²) in [7, 11) is -4.22. The number of hydrogen-bond donors (Lipinski definition) is 1. The minimum absolute atomic E-state index is 0.0276. The number of para-hydroxylation sites is 1. The van der Waals surface area contributed by atoms with Crippen LogP contribution in [0.1, 0.15) is 43.7 Å². The molecule has 246 valence electrons. The Morgan fingerprint density at radius 3 is 2.17 bits per heavy atom. The molecule has 11 heteroatoms. The number of amides is 2. The Bertz CT molecular complexity index is 1800. The van der Waals surface area contributed by atoms with E-state index in [1.807, 2.05) is 37.3 Å². The van der Waals surface area contributed by atoms with Gasteiger partial charge in [-0.25, -0.2) is 8.42 Å². The molecule has 2 amide bonds. The summed E-state index contributed by atoms with van der Waals surface area (Å²) in [5, 5.41) is 3.82. The molecule has 0 saturated heterocycles. The first-order chi connectivity index (χ1) is 22.5. The van der Waals surface area contributed by atoms with E-state index in [2.05, 4.69) is 5.32 Å². The lowest BCUT2D eigenvalue weighted by molar-refractivity contribution is -0.139. The number of carbonyl (C=O) groups is 2. The zero-order valence-corrected chi connectivity index (χ0v) is 28.6. The fourth-order valence-electron chi connectivity index (χ4n) is 5.48. The Hall–Kier alpha value is -4.05. The van der Waals surface area contributed by atoms with Crippen LogP contribution in [0.2, 0.25) is 10.0 Å². The Labute approximate surface area is 286 Å². The first-order valence-electron chi connectivity index (χ1n) is 15.5. The van der Waals surface area contributed by atoms with Crippen LogP contribution in [-0.4, -0.2) is 43.8 Å². The molecule has 0 aromatic heterocycles. The van der Waals surface area contributed by atoms with Gasteiger partial charge in [0.25, 0.3) is 10.0 Å². The van der Waals surface area contributed by atoms with Gasteiger partial charge in [0, 0.05) is 22.6 Å². The second-order valence-corrected chi connectivity index (χ2v) is 14.4. The Balaban J connectivity index is 1.48. The van der Waals surface area contributed by atoms with Gasteiger partial charge in [-0.05, 0) is 92.9 Å². The van der Waals surface area contributed by atoms with Gasteiger partial charge in [0.2, 0.25) is 11.8 Å². The molecule has 4 aromatic carbocycles. The van der Waals surface area contributed by atoms with Crippen LogP contribution in [-0.2, 0) is 26.2 Å². The zero-order chi connectivity index (χ0) is 33.6. The maximum atomic E-state index is 14.3. The summed E-state index contributed by atoms with van der Waals surface area (Å²) in [5.74, 6) is 0.229.